The van der Waals surface area contributed by atoms with Gasteiger partial charge in [0.1, 0.15) is 10.7 Å². The number of rotatable bonds is 2. The predicted octanol–water partition coefficient (Wildman–Crippen LogP) is 0.203. The van der Waals surface area contributed by atoms with Crippen LogP contribution in [-0.2, 0) is 10.1 Å². The average molecular weight is 370 g/mol. The van der Waals surface area contributed by atoms with Crippen LogP contribution in [0.15, 0.2) is 34.0 Å². The van der Waals surface area contributed by atoms with E-state index in [1.54, 1.807) is 0 Å². The number of nitrogens with two attached hydrogens (primary N) is 1. The van der Waals surface area contributed by atoms with E-state index in [-0.39, 0.29) is 27.7 Å². The summed E-state index contributed by atoms with van der Waals surface area (Å²) in [5, 5.41) is 1.74. The van der Waals surface area contributed by atoms with Crippen molar-refractivity contribution < 1.29 is 22.6 Å². The van der Waals surface area contributed by atoms with Crippen LogP contribution in [0.2, 0.25) is 5.02 Å². The van der Waals surface area contributed by atoms with Crippen molar-refractivity contribution in [1.82, 2.24) is 9.88 Å². The molecule has 2 aromatic rings. The summed E-state index contributed by atoms with van der Waals surface area (Å²) in [5.74, 6) is -1.87. The highest BCUT2D eigenvalue weighted by Gasteiger charge is 2.32. The second kappa shape index (κ2) is 5.16. The summed E-state index contributed by atoms with van der Waals surface area (Å²) in [7, 11) is -4.64. The van der Waals surface area contributed by atoms with Crippen LogP contribution < -0.4 is 16.6 Å². The van der Waals surface area contributed by atoms with Gasteiger partial charge in [0.2, 0.25) is 0 Å². The quantitative estimate of drug-likeness (QED) is 0.505. The molecule has 0 saturated carbocycles. The summed E-state index contributed by atoms with van der Waals surface area (Å²) in [6.07, 6.45) is 0. The summed E-state index contributed by atoms with van der Waals surface area (Å²) in [6, 6.07) is 4.25. The van der Waals surface area contributed by atoms with Gasteiger partial charge >= 0.3 is 0 Å². The molecule has 9 nitrogen and oxygen atoms in total. The molecular formula is C13H8ClN3O6S. The minimum atomic E-state index is -4.64. The minimum absolute atomic E-state index is 0.0514. The maximum absolute atomic E-state index is 12.2. The van der Waals surface area contributed by atoms with Gasteiger partial charge in [0.25, 0.3) is 27.5 Å². The van der Waals surface area contributed by atoms with Crippen LogP contribution in [0.4, 0.5) is 5.82 Å². The van der Waals surface area contributed by atoms with E-state index < -0.39 is 32.4 Å². The SMILES string of the molecule is Nc1c2c(cc(=O)n1-c1ccc(Cl)c(S(=O)(=O)O)c1)C(=O)NC2=O. The van der Waals surface area contributed by atoms with Crippen LogP contribution in [0.1, 0.15) is 20.7 Å². The monoisotopic (exact) mass is 369 g/mol. The van der Waals surface area contributed by atoms with Crippen LogP contribution in [-0.4, -0.2) is 29.4 Å². The molecule has 0 bridgehead atoms. The van der Waals surface area contributed by atoms with E-state index >= 15 is 0 Å². The summed E-state index contributed by atoms with van der Waals surface area (Å²) >= 11 is 5.72. The van der Waals surface area contributed by atoms with Crippen molar-refractivity contribution in [2.75, 3.05) is 5.73 Å². The number of nitrogens with zero attached hydrogens (tertiary/aromatic N) is 1. The first-order chi connectivity index (χ1) is 11.1. The lowest BCUT2D eigenvalue weighted by Crippen LogP contribution is -2.24. The van der Waals surface area contributed by atoms with Crippen molar-refractivity contribution in [3.63, 3.8) is 0 Å². The number of anilines is 1. The molecule has 0 atom stereocenters. The lowest BCUT2D eigenvalue weighted by atomic mass is 10.1. The Morgan fingerprint density at radius 2 is 1.79 bits per heavy atom. The number of imide groups is 1. The number of hydrogen-bond acceptors (Lipinski definition) is 6. The molecule has 2 amide bonds. The Morgan fingerprint density at radius 3 is 2.42 bits per heavy atom. The van der Waals surface area contributed by atoms with E-state index in [0.717, 1.165) is 22.8 Å². The molecule has 0 saturated heterocycles. The van der Waals surface area contributed by atoms with E-state index in [0.29, 0.717) is 0 Å². The second-order valence-electron chi connectivity index (χ2n) is 4.86. The fraction of sp³-hybridized carbons (Fsp3) is 0. The van der Waals surface area contributed by atoms with Gasteiger partial charge in [-0.1, -0.05) is 11.6 Å². The topological polar surface area (TPSA) is 149 Å². The Hall–Kier alpha value is -2.69. The third-order valence-electron chi connectivity index (χ3n) is 3.40. The molecule has 1 aliphatic rings. The second-order valence-corrected chi connectivity index (χ2v) is 6.66. The van der Waals surface area contributed by atoms with Gasteiger partial charge in [0.05, 0.1) is 21.8 Å². The minimum Gasteiger partial charge on any atom is -0.384 e. The maximum Gasteiger partial charge on any atom is 0.296 e. The van der Waals surface area contributed by atoms with Crippen LogP contribution in [0.5, 0.6) is 0 Å². The molecule has 0 spiro atoms. The molecule has 1 aromatic carbocycles. The molecule has 0 aliphatic carbocycles. The van der Waals surface area contributed by atoms with Gasteiger partial charge < -0.3 is 5.73 Å². The van der Waals surface area contributed by atoms with Gasteiger partial charge in [-0.3, -0.25) is 28.8 Å². The summed E-state index contributed by atoms with van der Waals surface area (Å²) in [4.78, 5) is 35.0. The van der Waals surface area contributed by atoms with E-state index in [1.165, 1.54) is 6.07 Å². The smallest absolute Gasteiger partial charge is 0.296 e. The molecule has 0 unspecified atom stereocenters. The number of nitrogens with one attached hydrogen (secondary N) is 1. The van der Waals surface area contributed by atoms with Gasteiger partial charge in [-0.25, -0.2) is 0 Å². The fourth-order valence-corrected chi connectivity index (χ4v) is 3.37. The third kappa shape index (κ3) is 2.37. The number of amides is 2. The van der Waals surface area contributed by atoms with Gasteiger partial charge in [-0.05, 0) is 18.2 Å². The van der Waals surface area contributed by atoms with E-state index in [4.69, 9.17) is 17.3 Å². The number of aromatic nitrogens is 1. The van der Waals surface area contributed by atoms with Gasteiger partial charge in [0, 0.05) is 6.07 Å². The average Bonchev–Trinajstić information content (AvgIpc) is 2.74. The molecule has 2 heterocycles. The molecule has 3 rings (SSSR count). The number of hydrogen-bond donors (Lipinski definition) is 3. The maximum atomic E-state index is 12.2. The summed E-state index contributed by atoms with van der Waals surface area (Å²) < 4.78 is 32.7. The van der Waals surface area contributed by atoms with E-state index in [2.05, 4.69) is 0 Å². The Morgan fingerprint density at radius 1 is 1.12 bits per heavy atom. The Balaban J connectivity index is 2.34. The molecule has 11 heteroatoms. The number of carbonyl (C=O) groups excluding carboxylic acids is 2. The Labute approximate surface area is 139 Å². The largest absolute Gasteiger partial charge is 0.384 e. The first-order valence-electron chi connectivity index (χ1n) is 6.30. The highest BCUT2D eigenvalue weighted by Crippen LogP contribution is 2.27. The molecule has 124 valence electrons. The van der Waals surface area contributed by atoms with Gasteiger partial charge in [-0.15, -0.1) is 0 Å². The van der Waals surface area contributed by atoms with E-state index in [1.807, 2.05) is 5.32 Å². The number of pyridine rings is 1. The lowest BCUT2D eigenvalue weighted by Gasteiger charge is -2.13. The fourth-order valence-electron chi connectivity index (χ4n) is 2.37. The predicted molar refractivity (Wildman–Crippen MR) is 83.1 cm³/mol. The summed E-state index contributed by atoms with van der Waals surface area (Å²) in [5.41, 5.74) is 4.65. The number of nitrogen functional groups attached to an aromatic ring is 1. The first-order valence-corrected chi connectivity index (χ1v) is 8.11. The lowest BCUT2D eigenvalue weighted by molar-refractivity contribution is 0.0880. The van der Waals surface area contributed by atoms with Crippen molar-refractivity contribution in [2.45, 2.75) is 4.90 Å². The molecule has 24 heavy (non-hydrogen) atoms. The summed E-state index contributed by atoms with van der Waals surface area (Å²) in [6.45, 7) is 0. The zero-order valence-corrected chi connectivity index (χ0v) is 13.2. The first kappa shape index (κ1) is 16.2. The normalized spacial score (nSPS) is 13.8. The van der Waals surface area contributed by atoms with Gasteiger partial charge in [-0.2, -0.15) is 8.42 Å². The van der Waals surface area contributed by atoms with Crippen LogP contribution in [0.3, 0.4) is 0 Å². The van der Waals surface area contributed by atoms with Crippen molar-refractivity contribution in [3.05, 3.63) is 50.8 Å². The highest BCUT2D eigenvalue weighted by molar-refractivity contribution is 7.86. The van der Waals surface area contributed by atoms with Crippen molar-refractivity contribution in [2.24, 2.45) is 0 Å². The Bertz CT molecular complexity index is 1090. The van der Waals surface area contributed by atoms with E-state index in [9.17, 15) is 27.4 Å². The van der Waals surface area contributed by atoms with Crippen LogP contribution in [0, 0.1) is 0 Å². The molecule has 4 N–H and O–H groups in total. The third-order valence-corrected chi connectivity index (χ3v) is 4.74. The number of carbonyl (C=O) groups is 2. The van der Waals surface area contributed by atoms with Crippen LogP contribution >= 0.6 is 11.6 Å². The number of benzene rings is 1. The number of halogens is 1. The Kier molecular flexibility index (Phi) is 3.48. The van der Waals surface area contributed by atoms with Crippen molar-refractivity contribution in [1.29, 1.82) is 0 Å². The standard InChI is InChI=1S/C13H8ClN3O6S/c14-7-2-1-5(3-8(7)24(21,22)23)17-9(18)4-6-10(11(17)15)13(20)16-12(6)19/h1-4H,15H2,(H,16,19,20)(H,21,22,23). The molecule has 0 radical (unpaired) electrons. The molecule has 0 fully saturated rings. The van der Waals surface area contributed by atoms with Crippen molar-refractivity contribution in [3.8, 4) is 5.69 Å². The zero-order chi connectivity index (χ0) is 17.8. The number of fused-ring (bicyclic) bond motifs is 1. The molecule has 1 aromatic heterocycles. The van der Waals surface area contributed by atoms with Crippen molar-refractivity contribution >= 4 is 39.4 Å². The molecular weight excluding hydrogens is 362 g/mol. The van der Waals surface area contributed by atoms with Gasteiger partial charge in [0.15, 0.2) is 0 Å². The zero-order valence-electron chi connectivity index (χ0n) is 11.6. The highest BCUT2D eigenvalue weighted by atomic mass is 35.5. The molecule has 1 aliphatic heterocycles. The van der Waals surface area contributed by atoms with Crippen LogP contribution in [0.25, 0.3) is 5.69 Å².